The molecule has 0 saturated heterocycles. The quantitative estimate of drug-likeness (QED) is 0.241. The summed E-state index contributed by atoms with van der Waals surface area (Å²) in [5, 5.41) is 10.6. The number of allylic oxidation sites excluding steroid dienone is 2. The molecule has 1 aliphatic heterocycles. The molecular formula is C31H36BrNO7. The second-order valence-corrected chi connectivity index (χ2v) is 10.9. The average Bonchev–Trinajstić information content (AvgIpc) is 2.94. The lowest BCUT2D eigenvalue weighted by atomic mass is 9.69. The summed E-state index contributed by atoms with van der Waals surface area (Å²) in [6.07, 6.45) is 2.43. The van der Waals surface area contributed by atoms with Gasteiger partial charge in [0.25, 0.3) is 0 Å². The van der Waals surface area contributed by atoms with Crippen LogP contribution in [0, 0.1) is 5.92 Å². The Morgan fingerprint density at radius 3 is 2.45 bits per heavy atom. The molecule has 0 fully saturated rings. The summed E-state index contributed by atoms with van der Waals surface area (Å²) in [5.41, 5.74) is 3.39. The number of nitrogens with zero attached hydrogens (tertiary/aromatic N) is 1. The van der Waals surface area contributed by atoms with Crippen molar-refractivity contribution in [2.24, 2.45) is 10.9 Å². The number of hydrogen-bond donors (Lipinski definition) is 1. The lowest BCUT2D eigenvalue weighted by Crippen LogP contribution is -2.38. The highest BCUT2D eigenvalue weighted by atomic mass is 79.9. The van der Waals surface area contributed by atoms with E-state index in [1.807, 2.05) is 39.0 Å². The van der Waals surface area contributed by atoms with E-state index >= 15 is 0 Å². The van der Waals surface area contributed by atoms with Crippen LogP contribution in [-0.4, -0.2) is 50.0 Å². The molecule has 3 atom stereocenters. The van der Waals surface area contributed by atoms with Gasteiger partial charge in [-0.25, -0.2) is 0 Å². The SMILES string of the molecule is CCCCOC(=O)C1C(C)=NC2=C(C(=O)C[C@H](c3ccc(OC)c(OC)c3)C2)[C@H]1c1cc(Br)c(O)c(OCC)c1. The number of ketones is 1. The Kier molecular flexibility index (Phi) is 9.56. The maximum absolute atomic E-state index is 13.9. The first-order valence-electron chi connectivity index (χ1n) is 13.6. The Hall–Kier alpha value is -3.33. The fourth-order valence-corrected chi connectivity index (χ4v) is 5.97. The van der Waals surface area contributed by atoms with Gasteiger partial charge in [0.2, 0.25) is 0 Å². The van der Waals surface area contributed by atoms with Crippen LogP contribution < -0.4 is 14.2 Å². The first-order chi connectivity index (χ1) is 19.2. The molecule has 8 nitrogen and oxygen atoms in total. The van der Waals surface area contributed by atoms with Gasteiger partial charge >= 0.3 is 5.97 Å². The third kappa shape index (κ3) is 5.89. The van der Waals surface area contributed by atoms with Crippen LogP contribution in [0.3, 0.4) is 0 Å². The number of phenols is 1. The number of methoxy groups -OCH3 is 2. The van der Waals surface area contributed by atoms with Gasteiger partial charge in [0.05, 0.1) is 31.9 Å². The summed E-state index contributed by atoms with van der Waals surface area (Å²) >= 11 is 3.43. The van der Waals surface area contributed by atoms with Gasteiger partial charge in [-0.05, 0) is 83.9 Å². The molecule has 1 heterocycles. The Morgan fingerprint density at radius 1 is 1.05 bits per heavy atom. The number of Topliss-reactive ketones (excluding diaryl/α,β-unsaturated/α-hetero) is 1. The highest BCUT2D eigenvalue weighted by Gasteiger charge is 2.45. The third-order valence-electron chi connectivity index (χ3n) is 7.47. The largest absolute Gasteiger partial charge is 0.503 e. The molecule has 0 aromatic heterocycles. The molecule has 1 unspecified atom stereocenters. The number of halogens is 1. The van der Waals surface area contributed by atoms with Crippen LogP contribution in [0.15, 0.2) is 51.1 Å². The van der Waals surface area contributed by atoms with Gasteiger partial charge in [-0.1, -0.05) is 19.4 Å². The summed E-state index contributed by atoms with van der Waals surface area (Å²) < 4.78 is 22.6. The molecule has 2 aromatic carbocycles. The number of ether oxygens (including phenoxy) is 4. The number of benzene rings is 2. The maximum atomic E-state index is 13.9. The fraction of sp³-hybridized carbons (Fsp3) is 0.452. The lowest BCUT2D eigenvalue weighted by Gasteiger charge is -2.36. The summed E-state index contributed by atoms with van der Waals surface area (Å²) in [6, 6.07) is 9.13. The smallest absolute Gasteiger partial charge is 0.315 e. The van der Waals surface area contributed by atoms with E-state index in [1.165, 1.54) is 0 Å². The van der Waals surface area contributed by atoms with Crippen molar-refractivity contribution in [3.05, 3.63) is 57.2 Å². The van der Waals surface area contributed by atoms with Crippen molar-refractivity contribution in [1.82, 2.24) is 0 Å². The van der Waals surface area contributed by atoms with Gasteiger partial charge in [-0.2, -0.15) is 0 Å². The summed E-state index contributed by atoms with van der Waals surface area (Å²) in [5.74, 6) is -0.543. The molecule has 0 amide bonds. The van der Waals surface area contributed by atoms with E-state index < -0.39 is 17.8 Å². The Labute approximate surface area is 243 Å². The zero-order chi connectivity index (χ0) is 29.0. The van der Waals surface area contributed by atoms with Crippen LogP contribution in [0.2, 0.25) is 0 Å². The van der Waals surface area contributed by atoms with E-state index in [1.54, 1.807) is 26.4 Å². The van der Waals surface area contributed by atoms with Crippen molar-refractivity contribution in [3.8, 4) is 23.0 Å². The van der Waals surface area contributed by atoms with Crippen LogP contribution >= 0.6 is 15.9 Å². The zero-order valence-electron chi connectivity index (χ0n) is 23.6. The molecule has 2 aliphatic rings. The van der Waals surface area contributed by atoms with Crippen molar-refractivity contribution < 1.29 is 33.6 Å². The molecule has 2 aromatic rings. The number of esters is 1. The number of aromatic hydroxyl groups is 1. The third-order valence-corrected chi connectivity index (χ3v) is 8.08. The van der Waals surface area contributed by atoms with Crippen molar-refractivity contribution >= 4 is 33.4 Å². The first-order valence-corrected chi connectivity index (χ1v) is 14.4. The minimum atomic E-state index is -0.775. The van der Waals surface area contributed by atoms with Crippen molar-refractivity contribution in [2.45, 2.75) is 58.3 Å². The Morgan fingerprint density at radius 2 is 1.77 bits per heavy atom. The second kappa shape index (κ2) is 12.9. The van der Waals surface area contributed by atoms with Crippen LogP contribution in [-0.2, 0) is 14.3 Å². The number of phenolic OH excluding ortho intramolecular Hbond substituents is 1. The van der Waals surface area contributed by atoms with Gasteiger partial charge < -0.3 is 24.1 Å². The molecule has 214 valence electrons. The highest BCUT2D eigenvalue weighted by molar-refractivity contribution is 9.10. The topological polar surface area (TPSA) is 104 Å². The molecular weight excluding hydrogens is 578 g/mol. The van der Waals surface area contributed by atoms with E-state index in [0.717, 1.165) is 18.4 Å². The number of carbonyl (C=O) groups excluding carboxylic acids is 2. The summed E-state index contributed by atoms with van der Waals surface area (Å²) in [4.78, 5) is 32.3. The minimum Gasteiger partial charge on any atom is -0.503 e. The van der Waals surface area contributed by atoms with E-state index in [0.29, 0.717) is 58.2 Å². The average molecular weight is 615 g/mol. The Balaban J connectivity index is 1.80. The van der Waals surface area contributed by atoms with Gasteiger partial charge in [0.15, 0.2) is 28.8 Å². The number of hydrogen-bond acceptors (Lipinski definition) is 8. The molecule has 4 rings (SSSR count). The number of carbonyl (C=O) groups is 2. The minimum absolute atomic E-state index is 0.0356. The number of unbranched alkanes of at least 4 members (excludes halogenated alkanes) is 1. The monoisotopic (exact) mass is 613 g/mol. The van der Waals surface area contributed by atoms with E-state index in [-0.39, 0.29) is 29.6 Å². The molecule has 1 aliphatic carbocycles. The maximum Gasteiger partial charge on any atom is 0.315 e. The van der Waals surface area contributed by atoms with E-state index in [9.17, 15) is 14.7 Å². The standard InChI is InChI=1S/C31H36BrNO7/c1-6-8-11-40-31(36)27-17(3)33-22-13-19(18-9-10-24(37-4)25(15-18)38-5)14-23(34)29(22)28(27)20-12-21(32)30(35)26(16-20)39-7-2/h9-10,12,15-16,19,27-28,35H,6-8,11,13-14H2,1-5H3/t19-,27?,28+/m1/s1. The summed E-state index contributed by atoms with van der Waals surface area (Å²) in [7, 11) is 3.17. The second-order valence-electron chi connectivity index (χ2n) is 10.0. The van der Waals surface area contributed by atoms with Gasteiger partial charge in [0, 0.05) is 29.3 Å². The molecule has 0 radical (unpaired) electrons. The van der Waals surface area contributed by atoms with Gasteiger partial charge in [-0.15, -0.1) is 0 Å². The molecule has 0 spiro atoms. The van der Waals surface area contributed by atoms with Crippen LogP contribution in [0.1, 0.15) is 69.4 Å². The van der Waals surface area contributed by atoms with Gasteiger partial charge in [-0.3, -0.25) is 14.6 Å². The number of rotatable bonds is 10. The lowest BCUT2D eigenvalue weighted by molar-refractivity contribution is -0.146. The van der Waals surface area contributed by atoms with E-state index in [2.05, 4.69) is 15.9 Å². The predicted octanol–water partition coefficient (Wildman–Crippen LogP) is 6.49. The highest BCUT2D eigenvalue weighted by Crippen LogP contribution is 2.49. The molecule has 1 N–H and O–H groups in total. The molecule has 40 heavy (non-hydrogen) atoms. The van der Waals surface area contributed by atoms with Crippen molar-refractivity contribution in [2.75, 3.05) is 27.4 Å². The predicted molar refractivity (Wildman–Crippen MR) is 156 cm³/mol. The zero-order valence-corrected chi connectivity index (χ0v) is 25.2. The molecule has 0 saturated carbocycles. The van der Waals surface area contributed by atoms with Crippen molar-refractivity contribution in [3.63, 3.8) is 0 Å². The van der Waals surface area contributed by atoms with E-state index in [4.69, 9.17) is 23.9 Å². The van der Waals surface area contributed by atoms with Crippen LogP contribution in [0.5, 0.6) is 23.0 Å². The molecule has 0 bridgehead atoms. The van der Waals surface area contributed by atoms with Gasteiger partial charge in [0.1, 0.15) is 5.92 Å². The van der Waals surface area contributed by atoms with Crippen LogP contribution in [0.25, 0.3) is 0 Å². The summed E-state index contributed by atoms with van der Waals surface area (Å²) in [6.45, 7) is 6.31. The number of aliphatic imine (C=N–C) groups is 1. The van der Waals surface area contributed by atoms with Crippen LogP contribution in [0.4, 0.5) is 0 Å². The van der Waals surface area contributed by atoms with Crippen molar-refractivity contribution in [1.29, 1.82) is 0 Å². The Bertz CT molecular complexity index is 1350. The first kappa shape index (κ1) is 29.6. The fourth-order valence-electron chi connectivity index (χ4n) is 5.51. The normalized spacial score (nSPS) is 20.5. The molecule has 9 heteroatoms.